The zero-order valence-electron chi connectivity index (χ0n) is 9.93. The van der Waals surface area contributed by atoms with Crippen molar-refractivity contribution in [3.8, 4) is 0 Å². The lowest BCUT2D eigenvalue weighted by Gasteiger charge is -2.30. The van der Waals surface area contributed by atoms with Crippen molar-refractivity contribution in [3.05, 3.63) is 15.9 Å². The van der Waals surface area contributed by atoms with Gasteiger partial charge in [-0.15, -0.1) is 23.7 Å². The van der Waals surface area contributed by atoms with Crippen molar-refractivity contribution in [1.82, 2.24) is 9.62 Å². The average Bonchev–Trinajstić information content (AvgIpc) is 2.76. The Bertz CT molecular complexity index is 484. The maximum atomic E-state index is 12.4. The van der Waals surface area contributed by atoms with Gasteiger partial charge in [-0.25, -0.2) is 8.42 Å². The highest BCUT2D eigenvalue weighted by Gasteiger charge is 2.30. The molecule has 0 aliphatic carbocycles. The van der Waals surface area contributed by atoms with Crippen molar-refractivity contribution in [2.45, 2.75) is 23.1 Å². The first kappa shape index (κ1) is 16.4. The van der Waals surface area contributed by atoms with Gasteiger partial charge < -0.3 is 5.32 Å². The number of halogens is 2. The van der Waals surface area contributed by atoms with E-state index in [1.165, 1.54) is 11.3 Å². The standard InChI is InChI=1S/C10H15BrN2O2S2.ClH/c1-12-8-2-5-13(6-3-8)17(14,15)10-9(11)4-7-16-10;/h4,7-8,12H,2-3,5-6H2,1H3;1H. The number of sulfonamides is 1. The van der Waals surface area contributed by atoms with Crippen molar-refractivity contribution in [2.75, 3.05) is 20.1 Å². The normalized spacial score (nSPS) is 18.6. The van der Waals surface area contributed by atoms with E-state index in [0.29, 0.717) is 27.8 Å². The largest absolute Gasteiger partial charge is 0.317 e. The van der Waals surface area contributed by atoms with Crippen LogP contribution in [0.15, 0.2) is 20.1 Å². The number of nitrogens with zero attached hydrogens (tertiary/aromatic N) is 1. The monoisotopic (exact) mass is 374 g/mol. The Kier molecular flexibility index (Phi) is 6.08. The Labute approximate surface area is 126 Å². The quantitative estimate of drug-likeness (QED) is 0.882. The van der Waals surface area contributed by atoms with Crippen LogP contribution in [0.5, 0.6) is 0 Å². The van der Waals surface area contributed by atoms with Crippen LogP contribution in [0.25, 0.3) is 0 Å². The van der Waals surface area contributed by atoms with Crippen LogP contribution in [0.4, 0.5) is 0 Å². The smallest absolute Gasteiger partial charge is 0.253 e. The Morgan fingerprint density at radius 1 is 1.44 bits per heavy atom. The lowest BCUT2D eigenvalue weighted by atomic mass is 10.1. The molecule has 1 aromatic heterocycles. The zero-order valence-corrected chi connectivity index (χ0v) is 14.0. The number of nitrogens with one attached hydrogen (secondary N) is 1. The summed E-state index contributed by atoms with van der Waals surface area (Å²) >= 11 is 4.55. The van der Waals surface area contributed by atoms with Gasteiger partial charge in [0, 0.05) is 23.6 Å². The summed E-state index contributed by atoms with van der Waals surface area (Å²) in [5.41, 5.74) is 0. The highest BCUT2D eigenvalue weighted by atomic mass is 79.9. The number of thiophene rings is 1. The Hall–Kier alpha value is 0.340. The Morgan fingerprint density at radius 3 is 2.50 bits per heavy atom. The van der Waals surface area contributed by atoms with E-state index in [9.17, 15) is 8.42 Å². The molecule has 1 N–H and O–H groups in total. The van der Waals surface area contributed by atoms with Crippen molar-refractivity contribution in [1.29, 1.82) is 0 Å². The minimum Gasteiger partial charge on any atom is -0.317 e. The highest BCUT2D eigenvalue weighted by Crippen LogP contribution is 2.31. The summed E-state index contributed by atoms with van der Waals surface area (Å²) in [5.74, 6) is 0. The molecule has 0 aromatic carbocycles. The molecule has 1 aromatic rings. The van der Waals surface area contributed by atoms with E-state index < -0.39 is 10.0 Å². The molecule has 0 bridgehead atoms. The summed E-state index contributed by atoms with van der Waals surface area (Å²) in [6.45, 7) is 1.19. The first-order valence-electron chi connectivity index (χ1n) is 5.46. The van der Waals surface area contributed by atoms with Crippen LogP contribution in [0.2, 0.25) is 0 Å². The molecule has 2 heterocycles. The fourth-order valence-corrected chi connectivity index (χ4v) is 5.89. The summed E-state index contributed by atoms with van der Waals surface area (Å²) in [4.78, 5) is 0. The maximum absolute atomic E-state index is 12.4. The first-order chi connectivity index (χ1) is 8.05. The lowest BCUT2D eigenvalue weighted by molar-refractivity contribution is 0.299. The Balaban J connectivity index is 0.00000162. The van der Waals surface area contributed by atoms with E-state index in [0.717, 1.165) is 12.8 Å². The van der Waals surface area contributed by atoms with E-state index in [1.807, 2.05) is 7.05 Å². The fourth-order valence-electron chi connectivity index (χ4n) is 1.97. The van der Waals surface area contributed by atoms with Gasteiger partial charge in [-0.05, 0) is 47.3 Å². The van der Waals surface area contributed by atoms with Gasteiger partial charge in [-0.3, -0.25) is 0 Å². The maximum Gasteiger partial charge on any atom is 0.253 e. The molecule has 4 nitrogen and oxygen atoms in total. The topological polar surface area (TPSA) is 49.4 Å². The van der Waals surface area contributed by atoms with Crippen LogP contribution in [0.3, 0.4) is 0 Å². The van der Waals surface area contributed by atoms with Crippen molar-refractivity contribution >= 4 is 49.7 Å². The molecule has 18 heavy (non-hydrogen) atoms. The summed E-state index contributed by atoms with van der Waals surface area (Å²) in [5, 5.41) is 4.98. The predicted molar refractivity (Wildman–Crippen MR) is 80.1 cm³/mol. The minimum atomic E-state index is -3.30. The van der Waals surface area contributed by atoms with Crippen LogP contribution in [0, 0.1) is 0 Å². The molecule has 8 heteroatoms. The van der Waals surface area contributed by atoms with Gasteiger partial charge in [-0.2, -0.15) is 4.31 Å². The van der Waals surface area contributed by atoms with Gasteiger partial charge in [0.15, 0.2) is 0 Å². The fraction of sp³-hybridized carbons (Fsp3) is 0.600. The number of rotatable bonds is 3. The van der Waals surface area contributed by atoms with Gasteiger partial charge >= 0.3 is 0 Å². The van der Waals surface area contributed by atoms with Gasteiger partial charge in [0.25, 0.3) is 10.0 Å². The van der Waals surface area contributed by atoms with E-state index in [4.69, 9.17) is 0 Å². The number of hydrogen-bond acceptors (Lipinski definition) is 4. The Morgan fingerprint density at radius 2 is 2.06 bits per heavy atom. The molecule has 0 spiro atoms. The van der Waals surface area contributed by atoms with Crippen LogP contribution in [-0.2, 0) is 10.0 Å². The molecule has 0 radical (unpaired) electrons. The van der Waals surface area contributed by atoms with Gasteiger partial charge in [0.05, 0.1) is 0 Å². The second-order valence-electron chi connectivity index (χ2n) is 4.02. The van der Waals surface area contributed by atoms with Crippen molar-refractivity contribution in [3.63, 3.8) is 0 Å². The third kappa shape index (κ3) is 3.26. The molecule has 1 aliphatic rings. The second kappa shape index (κ2) is 6.67. The van der Waals surface area contributed by atoms with Crippen LogP contribution in [-0.4, -0.2) is 38.9 Å². The molecule has 0 unspecified atom stereocenters. The molecule has 0 amide bonds. The predicted octanol–water partition coefficient (Wildman–Crippen LogP) is 2.30. The van der Waals surface area contributed by atoms with Crippen LogP contribution < -0.4 is 5.32 Å². The van der Waals surface area contributed by atoms with Crippen molar-refractivity contribution in [2.24, 2.45) is 0 Å². The SMILES string of the molecule is CNC1CCN(S(=O)(=O)c2sccc2Br)CC1.Cl. The molecular weight excluding hydrogens is 360 g/mol. The third-order valence-corrected chi connectivity index (χ3v) is 7.57. The molecule has 104 valence electrons. The molecule has 0 saturated carbocycles. The van der Waals surface area contributed by atoms with Crippen molar-refractivity contribution < 1.29 is 8.42 Å². The second-order valence-corrected chi connectivity index (χ2v) is 7.93. The molecule has 1 fully saturated rings. The molecule has 1 saturated heterocycles. The lowest BCUT2D eigenvalue weighted by Crippen LogP contribution is -2.43. The number of piperidine rings is 1. The first-order valence-corrected chi connectivity index (χ1v) is 8.57. The van der Waals surface area contributed by atoms with Crippen LogP contribution >= 0.6 is 39.7 Å². The van der Waals surface area contributed by atoms with E-state index in [1.54, 1.807) is 15.8 Å². The molecule has 2 rings (SSSR count). The van der Waals surface area contributed by atoms with Gasteiger partial charge in [-0.1, -0.05) is 0 Å². The summed E-state index contributed by atoms with van der Waals surface area (Å²) in [6.07, 6.45) is 1.75. The summed E-state index contributed by atoms with van der Waals surface area (Å²) in [6, 6.07) is 2.21. The van der Waals surface area contributed by atoms with Gasteiger partial charge in [0.2, 0.25) is 0 Å². The van der Waals surface area contributed by atoms with Gasteiger partial charge in [0.1, 0.15) is 4.21 Å². The number of hydrogen-bond donors (Lipinski definition) is 1. The van der Waals surface area contributed by atoms with E-state index in [2.05, 4.69) is 21.2 Å². The van der Waals surface area contributed by atoms with Crippen LogP contribution in [0.1, 0.15) is 12.8 Å². The summed E-state index contributed by atoms with van der Waals surface area (Å²) < 4.78 is 27.4. The molecular formula is C10H16BrClN2O2S2. The third-order valence-electron chi connectivity index (χ3n) is 3.02. The minimum absolute atomic E-state index is 0. The summed E-state index contributed by atoms with van der Waals surface area (Å²) in [7, 11) is -1.38. The molecule has 0 atom stereocenters. The molecule has 1 aliphatic heterocycles. The van der Waals surface area contributed by atoms with E-state index >= 15 is 0 Å². The average molecular weight is 376 g/mol. The zero-order chi connectivity index (χ0) is 12.5. The highest BCUT2D eigenvalue weighted by molar-refractivity contribution is 9.10. The van der Waals surface area contributed by atoms with E-state index in [-0.39, 0.29) is 12.4 Å².